The number of Topliss-reactive ketones (excluding diaryl/α,β-unsaturated/α-hetero) is 2. The summed E-state index contributed by atoms with van der Waals surface area (Å²) in [6, 6.07) is 0. The number of ketones is 2. The molecular weight excluding hydrogens is 140 g/mol. The third-order valence-corrected chi connectivity index (χ3v) is 3.18. The minimum atomic E-state index is -0.341. The van der Waals surface area contributed by atoms with Gasteiger partial charge in [-0.1, -0.05) is 13.8 Å². The molecule has 0 radical (unpaired) electrons. The maximum atomic E-state index is 11.1. The molecule has 1 rings (SSSR count). The maximum Gasteiger partial charge on any atom is 0.136 e. The van der Waals surface area contributed by atoms with Crippen molar-refractivity contribution in [3.63, 3.8) is 0 Å². The topological polar surface area (TPSA) is 34.1 Å². The largest absolute Gasteiger partial charge is 0.300 e. The molecule has 0 bridgehead atoms. The van der Waals surface area contributed by atoms with Gasteiger partial charge in [-0.15, -0.1) is 0 Å². The van der Waals surface area contributed by atoms with E-state index in [0.717, 1.165) is 0 Å². The van der Waals surface area contributed by atoms with Gasteiger partial charge in [-0.25, -0.2) is 0 Å². The summed E-state index contributed by atoms with van der Waals surface area (Å²) < 4.78 is 0. The SMILES string of the molecule is CC(=O)[C@H]1C(C)[C@@]1(C)C(C)=O. The van der Waals surface area contributed by atoms with Crippen molar-refractivity contribution in [2.45, 2.75) is 27.7 Å². The van der Waals surface area contributed by atoms with Gasteiger partial charge < -0.3 is 0 Å². The molecule has 0 aromatic heterocycles. The summed E-state index contributed by atoms with van der Waals surface area (Å²) in [6.07, 6.45) is 0. The lowest BCUT2D eigenvalue weighted by Gasteiger charge is -2.03. The predicted octanol–water partition coefficient (Wildman–Crippen LogP) is 1.44. The second-order valence-electron chi connectivity index (χ2n) is 3.72. The number of rotatable bonds is 2. The van der Waals surface area contributed by atoms with E-state index < -0.39 is 0 Å². The molecule has 1 aliphatic rings. The van der Waals surface area contributed by atoms with Crippen LogP contribution in [0.1, 0.15) is 27.7 Å². The zero-order chi connectivity index (χ0) is 8.81. The zero-order valence-electron chi connectivity index (χ0n) is 7.47. The quantitative estimate of drug-likeness (QED) is 0.603. The molecule has 2 nitrogen and oxygen atoms in total. The second-order valence-corrected chi connectivity index (χ2v) is 3.72. The lowest BCUT2D eigenvalue weighted by atomic mass is 9.99. The fourth-order valence-electron chi connectivity index (χ4n) is 2.04. The predicted molar refractivity (Wildman–Crippen MR) is 42.1 cm³/mol. The minimum Gasteiger partial charge on any atom is -0.300 e. The third-order valence-electron chi connectivity index (χ3n) is 3.18. The number of carbonyl (C=O) groups excluding carboxylic acids is 2. The van der Waals surface area contributed by atoms with E-state index in [4.69, 9.17) is 0 Å². The van der Waals surface area contributed by atoms with Crippen LogP contribution in [-0.2, 0) is 9.59 Å². The molecule has 0 aliphatic heterocycles. The second kappa shape index (κ2) is 2.16. The Hall–Kier alpha value is -0.660. The Morgan fingerprint density at radius 3 is 1.82 bits per heavy atom. The van der Waals surface area contributed by atoms with Crippen LogP contribution in [0.4, 0.5) is 0 Å². The highest BCUT2D eigenvalue weighted by atomic mass is 16.1. The zero-order valence-corrected chi connectivity index (χ0v) is 7.47. The molecule has 0 N–H and O–H groups in total. The molecule has 11 heavy (non-hydrogen) atoms. The number of carbonyl (C=O) groups is 2. The van der Waals surface area contributed by atoms with Crippen molar-refractivity contribution >= 4 is 11.6 Å². The highest BCUT2D eigenvalue weighted by molar-refractivity contribution is 5.96. The summed E-state index contributed by atoms with van der Waals surface area (Å²) in [5.74, 6) is 0.526. The molecule has 62 valence electrons. The van der Waals surface area contributed by atoms with Crippen LogP contribution in [0.5, 0.6) is 0 Å². The first-order chi connectivity index (χ1) is 4.92. The monoisotopic (exact) mass is 154 g/mol. The Bertz CT molecular complexity index is 220. The first-order valence-corrected chi connectivity index (χ1v) is 3.93. The maximum absolute atomic E-state index is 11.1. The standard InChI is InChI=1S/C9H14O2/c1-5-8(6(2)10)9(5,4)7(3)11/h5,8H,1-4H3/t5?,8-,9+/m1/s1. The lowest BCUT2D eigenvalue weighted by molar-refractivity contribution is -0.125. The molecule has 0 aromatic rings. The number of hydrogen-bond acceptors (Lipinski definition) is 2. The van der Waals surface area contributed by atoms with Crippen LogP contribution in [0.2, 0.25) is 0 Å². The van der Waals surface area contributed by atoms with Crippen molar-refractivity contribution in [3.05, 3.63) is 0 Å². The highest BCUT2D eigenvalue weighted by Crippen LogP contribution is 2.59. The summed E-state index contributed by atoms with van der Waals surface area (Å²) in [7, 11) is 0. The van der Waals surface area contributed by atoms with Crippen molar-refractivity contribution in [2.24, 2.45) is 17.3 Å². The highest BCUT2D eigenvalue weighted by Gasteiger charge is 2.63. The molecule has 1 unspecified atom stereocenters. The molecule has 3 atom stereocenters. The van der Waals surface area contributed by atoms with Gasteiger partial charge in [0.05, 0.1) is 0 Å². The van der Waals surface area contributed by atoms with E-state index >= 15 is 0 Å². The van der Waals surface area contributed by atoms with E-state index in [1.54, 1.807) is 13.8 Å². The molecule has 1 fully saturated rings. The molecule has 0 saturated heterocycles. The first kappa shape index (κ1) is 8.44. The molecule has 1 aliphatic carbocycles. The van der Waals surface area contributed by atoms with Gasteiger partial charge in [0.15, 0.2) is 0 Å². The summed E-state index contributed by atoms with van der Waals surface area (Å²) in [5.41, 5.74) is -0.341. The fraction of sp³-hybridized carbons (Fsp3) is 0.778. The summed E-state index contributed by atoms with van der Waals surface area (Å²) >= 11 is 0. The van der Waals surface area contributed by atoms with Crippen molar-refractivity contribution in [2.75, 3.05) is 0 Å². The van der Waals surface area contributed by atoms with E-state index in [1.165, 1.54) is 0 Å². The average Bonchev–Trinajstić information content (AvgIpc) is 2.37. The Morgan fingerprint density at radius 1 is 1.27 bits per heavy atom. The lowest BCUT2D eigenvalue weighted by Crippen LogP contribution is -2.13. The summed E-state index contributed by atoms with van der Waals surface area (Å²) in [6.45, 7) is 6.98. The Balaban J connectivity index is 2.81. The van der Waals surface area contributed by atoms with Crippen molar-refractivity contribution in [1.29, 1.82) is 0 Å². The van der Waals surface area contributed by atoms with E-state index in [-0.39, 0.29) is 28.8 Å². The van der Waals surface area contributed by atoms with Crippen molar-refractivity contribution in [3.8, 4) is 0 Å². The Labute approximate surface area is 67.0 Å². The van der Waals surface area contributed by atoms with Gasteiger partial charge in [0, 0.05) is 11.3 Å². The van der Waals surface area contributed by atoms with Crippen LogP contribution < -0.4 is 0 Å². The molecule has 2 heteroatoms. The fourth-order valence-corrected chi connectivity index (χ4v) is 2.04. The van der Waals surface area contributed by atoms with Crippen LogP contribution in [0, 0.1) is 17.3 Å². The van der Waals surface area contributed by atoms with E-state index in [2.05, 4.69) is 0 Å². The van der Waals surface area contributed by atoms with Gasteiger partial charge in [0.1, 0.15) is 11.6 Å². The molecule has 0 spiro atoms. The molecule has 0 heterocycles. The van der Waals surface area contributed by atoms with Crippen molar-refractivity contribution < 1.29 is 9.59 Å². The van der Waals surface area contributed by atoms with Crippen LogP contribution in [0.3, 0.4) is 0 Å². The number of hydrogen-bond donors (Lipinski definition) is 0. The molecule has 1 saturated carbocycles. The van der Waals surface area contributed by atoms with Crippen LogP contribution >= 0.6 is 0 Å². The molecular formula is C9H14O2. The molecule has 0 amide bonds. The van der Waals surface area contributed by atoms with E-state index in [9.17, 15) is 9.59 Å². The van der Waals surface area contributed by atoms with Crippen LogP contribution in [-0.4, -0.2) is 11.6 Å². The molecule has 0 aromatic carbocycles. The van der Waals surface area contributed by atoms with Gasteiger partial charge in [0.2, 0.25) is 0 Å². The summed E-state index contributed by atoms with van der Waals surface area (Å²) in [4.78, 5) is 22.1. The minimum absolute atomic E-state index is 0.0139. The van der Waals surface area contributed by atoms with E-state index in [1.807, 2.05) is 13.8 Å². The van der Waals surface area contributed by atoms with Gasteiger partial charge in [0.25, 0.3) is 0 Å². The van der Waals surface area contributed by atoms with Gasteiger partial charge in [-0.05, 0) is 19.8 Å². The third kappa shape index (κ3) is 0.924. The van der Waals surface area contributed by atoms with E-state index in [0.29, 0.717) is 0 Å². The van der Waals surface area contributed by atoms with Crippen LogP contribution in [0.15, 0.2) is 0 Å². The van der Waals surface area contributed by atoms with Gasteiger partial charge in [-0.3, -0.25) is 9.59 Å². The first-order valence-electron chi connectivity index (χ1n) is 3.93. The summed E-state index contributed by atoms with van der Waals surface area (Å²) in [5, 5.41) is 0. The van der Waals surface area contributed by atoms with Gasteiger partial charge >= 0.3 is 0 Å². The van der Waals surface area contributed by atoms with Gasteiger partial charge in [-0.2, -0.15) is 0 Å². The van der Waals surface area contributed by atoms with Crippen LogP contribution in [0.25, 0.3) is 0 Å². The Kier molecular flexibility index (Phi) is 1.66. The normalized spacial score (nSPS) is 41.8. The Morgan fingerprint density at radius 2 is 1.73 bits per heavy atom. The smallest absolute Gasteiger partial charge is 0.136 e. The average molecular weight is 154 g/mol. The van der Waals surface area contributed by atoms with Crippen molar-refractivity contribution in [1.82, 2.24) is 0 Å².